The number of benzene rings is 2. The highest BCUT2D eigenvalue weighted by atomic mass is 16.5. The van der Waals surface area contributed by atoms with Crippen LogP contribution in [-0.4, -0.2) is 22.2 Å². The predicted molar refractivity (Wildman–Crippen MR) is 125 cm³/mol. The first-order chi connectivity index (χ1) is 15.3. The summed E-state index contributed by atoms with van der Waals surface area (Å²) in [5.41, 5.74) is 7.35. The number of rotatable bonds is 2. The van der Waals surface area contributed by atoms with Crippen molar-refractivity contribution < 1.29 is 9.53 Å². The second-order valence-electron chi connectivity index (χ2n) is 9.08. The molecule has 2 aromatic carbocycles. The van der Waals surface area contributed by atoms with Crippen LogP contribution < -0.4 is 0 Å². The maximum atomic E-state index is 12.3. The van der Waals surface area contributed by atoms with Gasteiger partial charge < -0.3 is 13.9 Å². The van der Waals surface area contributed by atoms with Crippen LogP contribution in [0.2, 0.25) is 0 Å². The first kappa shape index (κ1) is 18.7. The van der Waals surface area contributed by atoms with Gasteiger partial charge in [0.15, 0.2) is 0 Å². The lowest BCUT2D eigenvalue weighted by atomic mass is 9.81. The number of fused-ring (bicyclic) bond motifs is 4. The number of aromatic nitrogens is 2. The number of aryl methyl sites for hydroxylation is 2. The fourth-order valence-electron chi connectivity index (χ4n) is 5.99. The van der Waals surface area contributed by atoms with E-state index >= 15 is 0 Å². The molecule has 2 aliphatic rings. The average molecular weight is 413 g/mol. The summed E-state index contributed by atoms with van der Waals surface area (Å²) in [6.45, 7) is 1.96. The molecule has 158 valence electrons. The molecule has 3 heterocycles. The quantitative estimate of drug-likeness (QED) is 0.352. The Morgan fingerprint density at radius 2 is 1.87 bits per heavy atom. The van der Waals surface area contributed by atoms with Crippen LogP contribution in [0.3, 0.4) is 0 Å². The van der Waals surface area contributed by atoms with E-state index in [9.17, 15) is 4.79 Å². The van der Waals surface area contributed by atoms with E-state index in [2.05, 4.69) is 51.7 Å². The molecule has 0 spiro atoms. The van der Waals surface area contributed by atoms with Crippen molar-refractivity contribution in [3.8, 4) is 11.3 Å². The van der Waals surface area contributed by atoms with Crippen LogP contribution in [0.5, 0.6) is 0 Å². The molecule has 0 N–H and O–H groups in total. The van der Waals surface area contributed by atoms with Crippen molar-refractivity contribution in [2.45, 2.75) is 57.5 Å². The molecular formula is C27H28N2O2. The van der Waals surface area contributed by atoms with Gasteiger partial charge in [-0.15, -0.1) is 0 Å². The summed E-state index contributed by atoms with van der Waals surface area (Å²) in [6.07, 6.45) is 9.76. The van der Waals surface area contributed by atoms with E-state index in [1.807, 2.05) is 6.07 Å². The van der Waals surface area contributed by atoms with E-state index in [0.29, 0.717) is 11.5 Å². The molecule has 0 radical (unpaired) electrons. The molecule has 1 fully saturated rings. The third-order valence-corrected chi connectivity index (χ3v) is 7.36. The van der Waals surface area contributed by atoms with Gasteiger partial charge in [0.05, 0.1) is 23.9 Å². The Labute approximate surface area is 182 Å². The number of methoxy groups -OCH3 is 1. The fraction of sp³-hybridized carbons (Fsp3) is 0.370. The molecule has 1 aliphatic carbocycles. The van der Waals surface area contributed by atoms with Gasteiger partial charge in [-0.2, -0.15) is 0 Å². The number of carbonyl (C=O) groups excluding carboxylic acids is 1. The smallest absolute Gasteiger partial charge is 0.337 e. The second kappa shape index (κ2) is 7.30. The molecule has 1 saturated carbocycles. The van der Waals surface area contributed by atoms with Crippen molar-refractivity contribution in [2.24, 2.45) is 0 Å². The molecule has 4 nitrogen and oxygen atoms in total. The van der Waals surface area contributed by atoms with Crippen LogP contribution >= 0.6 is 0 Å². The molecule has 0 unspecified atom stereocenters. The topological polar surface area (TPSA) is 36.2 Å². The zero-order chi connectivity index (χ0) is 20.9. The lowest BCUT2D eigenvalue weighted by Crippen LogP contribution is -2.11. The van der Waals surface area contributed by atoms with Gasteiger partial charge in [0, 0.05) is 41.1 Å². The minimum absolute atomic E-state index is 0.265. The van der Waals surface area contributed by atoms with Crippen LogP contribution in [0.1, 0.15) is 60.4 Å². The normalized spacial score (nSPS) is 16.8. The van der Waals surface area contributed by atoms with Gasteiger partial charge in [-0.05, 0) is 48.9 Å². The lowest BCUT2D eigenvalue weighted by molar-refractivity contribution is 0.0601. The van der Waals surface area contributed by atoms with Gasteiger partial charge >= 0.3 is 5.97 Å². The van der Waals surface area contributed by atoms with E-state index in [4.69, 9.17) is 4.74 Å². The van der Waals surface area contributed by atoms with Crippen molar-refractivity contribution in [3.05, 3.63) is 59.8 Å². The molecule has 6 rings (SSSR count). The minimum atomic E-state index is -0.265. The Hall–Kier alpha value is -3.01. The SMILES string of the molecule is COC(=O)c1ccc2c(C3CCCCC3)c3n(c2c1)CCCn1ccc2cccc-3c21. The second-order valence-corrected chi connectivity index (χ2v) is 9.08. The average Bonchev–Trinajstić information content (AvgIpc) is 3.36. The Morgan fingerprint density at radius 3 is 2.71 bits per heavy atom. The lowest BCUT2D eigenvalue weighted by Gasteiger charge is -2.25. The van der Waals surface area contributed by atoms with Crippen LogP contribution in [0, 0.1) is 0 Å². The molecule has 0 amide bonds. The molecule has 2 aromatic heterocycles. The van der Waals surface area contributed by atoms with Gasteiger partial charge in [0.2, 0.25) is 0 Å². The maximum Gasteiger partial charge on any atom is 0.337 e. The highest BCUT2D eigenvalue weighted by Crippen LogP contribution is 2.46. The number of hydrogen-bond acceptors (Lipinski definition) is 2. The van der Waals surface area contributed by atoms with Crippen molar-refractivity contribution >= 4 is 27.8 Å². The third kappa shape index (κ3) is 2.84. The highest BCUT2D eigenvalue weighted by molar-refractivity contribution is 6.02. The summed E-state index contributed by atoms with van der Waals surface area (Å²) in [6, 6.07) is 15.1. The molecule has 0 atom stereocenters. The zero-order valence-corrected chi connectivity index (χ0v) is 18.1. The van der Waals surface area contributed by atoms with E-state index in [1.54, 1.807) is 0 Å². The van der Waals surface area contributed by atoms with Gasteiger partial charge in [-0.1, -0.05) is 43.5 Å². The first-order valence-corrected chi connectivity index (χ1v) is 11.6. The number of para-hydroxylation sites is 1. The Balaban J connectivity index is 1.71. The predicted octanol–water partition coefficient (Wildman–Crippen LogP) is 6.50. The van der Waals surface area contributed by atoms with E-state index in [-0.39, 0.29) is 5.97 Å². The molecule has 0 bridgehead atoms. The van der Waals surface area contributed by atoms with Crippen LogP contribution in [-0.2, 0) is 17.8 Å². The van der Waals surface area contributed by atoms with Gasteiger partial charge in [0.25, 0.3) is 0 Å². The van der Waals surface area contributed by atoms with Gasteiger partial charge in [-0.3, -0.25) is 0 Å². The summed E-state index contributed by atoms with van der Waals surface area (Å²) in [5.74, 6) is 0.313. The molecular weight excluding hydrogens is 384 g/mol. The Bertz CT molecular complexity index is 1300. The summed E-state index contributed by atoms with van der Waals surface area (Å²) in [7, 11) is 1.46. The number of hydrogen-bond donors (Lipinski definition) is 0. The van der Waals surface area contributed by atoms with Crippen molar-refractivity contribution in [3.63, 3.8) is 0 Å². The summed E-state index contributed by atoms with van der Waals surface area (Å²) >= 11 is 0. The van der Waals surface area contributed by atoms with Crippen LogP contribution in [0.15, 0.2) is 48.7 Å². The number of nitrogens with zero attached hydrogens (tertiary/aromatic N) is 2. The summed E-state index contributed by atoms with van der Waals surface area (Å²) < 4.78 is 9.95. The molecule has 4 aromatic rings. The highest BCUT2D eigenvalue weighted by Gasteiger charge is 2.29. The molecule has 1 aliphatic heterocycles. The Kier molecular flexibility index (Phi) is 4.41. The standard InChI is InChI=1S/C27H28N2O2/c1-31-27(30)20-11-12-21-23(17-20)29-15-6-14-28-16-13-19-9-5-10-22(25(19)28)26(29)24(21)18-7-3-2-4-8-18/h5,9-13,16-18H,2-4,6-8,14-15H2,1H3. The summed E-state index contributed by atoms with van der Waals surface area (Å²) in [4.78, 5) is 12.3. The van der Waals surface area contributed by atoms with Gasteiger partial charge in [-0.25, -0.2) is 4.79 Å². The number of ether oxygens (including phenoxy) is 1. The maximum absolute atomic E-state index is 12.3. The molecule has 31 heavy (non-hydrogen) atoms. The number of carbonyl (C=O) groups is 1. The Morgan fingerprint density at radius 1 is 1.00 bits per heavy atom. The molecule has 4 heteroatoms. The fourth-order valence-corrected chi connectivity index (χ4v) is 5.99. The number of esters is 1. The van der Waals surface area contributed by atoms with E-state index in [1.165, 1.54) is 77.8 Å². The van der Waals surface area contributed by atoms with E-state index in [0.717, 1.165) is 19.5 Å². The largest absolute Gasteiger partial charge is 0.465 e. The third-order valence-electron chi connectivity index (χ3n) is 7.36. The van der Waals surface area contributed by atoms with Crippen molar-refractivity contribution in [1.82, 2.24) is 9.13 Å². The van der Waals surface area contributed by atoms with Crippen molar-refractivity contribution in [1.29, 1.82) is 0 Å². The van der Waals surface area contributed by atoms with Crippen LogP contribution in [0.4, 0.5) is 0 Å². The molecule has 0 saturated heterocycles. The van der Waals surface area contributed by atoms with Crippen LogP contribution in [0.25, 0.3) is 33.1 Å². The van der Waals surface area contributed by atoms with Gasteiger partial charge in [0.1, 0.15) is 0 Å². The minimum Gasteiger partial charge on any atom is -0.465 e. The summed E-state index contributed by atoms with van der Waals surface area (Å²) in [5, 5.41) is 2.62. The first-order valence-electron chi connectivity index (χ1n) is 11.6. The zero-order valence-electron chi connectivity index (χ0n) is 18.1. The monoisotopic (exact) mass is 412 g/mol. The van der Waals surface area contributed by atoms with E-state index < -0.39 is 0 Å². The van der Waals surface area contributed by atoms with Crippen molar-refractivity contribution in [2.75, 3.05) is 7.11 Å².